The molecule has 0 unspecified atom stereocenters. The smallest absolute Gasteiger partial charge is 0.0802 e. The molecule has 0 aliphatic carbocycles. The lowest BCUT2D eigenvalue weighted by molar-refractivity contribution is 1.41. The molecule has 4 aromatic rings. The summed E-state index contributed by atoms with van der Waals surface area (Å²) in [5.41, 5.74) is 2.94. The van der Waals surface area contributed by atoms with Crippen LogP contribution in [-0.4, -0.2) is 4.98 Å². The molecule has 0 atom stereocenters. The predicted molar refractivity (Wildman–Crippen MR) is 89.7 cm³/mol. The van der Waals surface area contributed by atoms with Crippen molar-refractivity contribution in [1.29, 1.82) is 0 Å². The summed E-state index contributed by atoms with van der Waals surface area (Å²) in [5.74, 6) is 0. The van der Waals surface area contributed by atoms with Crippen LogP contribution >= 0.6 is 11.6 Å². The minimum Gasteiger partial charge on any atom is -0.247 e. The first-order valence-corrected chi connectivity index (χ1v) is 7.24. The molecule has 1 nitrogen and oxygen atoms in total. The van der Waals surface area contributed by atoms with Gasteiger partial charge in [-0.15, -0.1) is 0 Å². The number of fused-ring (bicyclic) bond motifs is 3. The summed E-state index contributed by atoms with van der Waals surface area (Å²) in [6.45, 7) is 0. The van der Waals surface area contributed by atoms with Gasteiger partial charge < -0.3 is 0 Å². The number of halogens is 1. The van der Waals surface area contributed by atoms with Crippen molar-refractivity contribution in [2.45, 2.75) is 0 Å². The van der Waals surface area contributed by atoms with Gasteiger partial charge in [0.1, 0.15) is 0 Å². The van der Waals surface area contributed by atoms with E-state index in [-0.39, 0.29) is 0 Å². The van der Waals surface area contributed by atoms with E-state index in [0.29, 0.717) is 0 Å². The van der Waals surface area contributed by atoms with Gasteiger partial charge in [0.25, 0.3) is 0 Å². The van der Waals surface area contributed by atoms with E-state index in [9.17, 15) is 0 Å². The van der Waals surface area contributed by atoms with E-state index in [1.807, 2.05) is 42.5 Å². The van der Waals surface area contributed by atoms with Gasteiger partial charge in [0.2, 0.25) is 0 Å². The Kier molecular flexibility index (Phi) is 2.87. The van der Waals surface area contributed by atoms with Crippen molar-refractivity contribution in [3.8, 4) is 11.3 Å². The van der Waals surface area contributed by atoms with Crippen LogP contribution in [0.4, 0.5) is 0 Å². The number of pyridine rings is 1. The van der Waals surface area contributed by atoms with Crippen LogP contribution in [0.2, 0.25) is 5.02 Å². The highest BCUT2D eigenvalue weighted by Crippen LogP contribution is 2.32. The number of nitrogens with zero attached hydrogens (tertiary/aromatic N) is 1. The first-order chi connectivity index (χ1) is 10.3. The van der Waals surface area contributed by atoms with E-state index in [2.05, 4.69) is 30.3 Å². The molecule has 0 aliphatic rings. The molecule has 21 heavy (non-hydrogen) atoms. The van der Waals surface area contributed by atoms with Crippen LogP contribution in [0.5, 0.6) is 0 Å². The fourth-order valence-corrected chi connectivity index (χ4v) is 2.93. The molecule has 0 fully saturated rings. The zero-order valence-electron chi connectivity index (χ0n) is 11.3. The van der Waals surface area contributed by atoms with Gasteiger partial charge in [-0.1, -0.05) is 78.3 Å². The van der Waals surface area contributed by atoms with Crippen molar-refractivity contribution in [1.82, 2.24) is 4.98 Å². The molecule has 0 aliphatic heterocycles. The van der Waals surface area contributed by atoms with Crippen molar-refractivity contribution >= 4 is 33.3 Å². The van der Waals surface area contributed by atoms with Crippen molar-refractivity contribution in [3.05, 3.63) is 77.8 Å². The van der Waals surface area contributed by atoms with E-state index in [1.54, 1.807) is 0 Å². The zero-order valence-corrected chi connectivity index (χ0v) is 12.0. The maximum absolute atomic E-state index is 6.47. The fourth-order valence-electron chi connectivity index (χ4n) is 2.68. The molecule has 2 heteroatoms. The lowest BCUT2D eigenvalue weighted by atomic mass is 10.0. The molecule has 0 radical (unpaired) electrons. The highest BCUT2D eigenvalue weighted by atomic mass is 35.5. The van der Waals surface area contributed by atoms with Gasteiger partial charge >= 0.3 is 0 Å². The molecule has 4 rings (SSSR count). The molecule has 0 N–H and O–H groups in total. The second kappa shape index (κ2) is 4.87. The summed E-state index contributed by atoms with van der Waals surface area (Å²) in [5, 5.41) is 4.05. The largest absolute Gasteiger partial charge is 0.247 e. The van der Waals surface area contributed by atoms with E-state index in [1.165, 1.54) is 5.39 Å². The third kappa shape index (κ3) is 2.07. The highest BCUT2D eigenvalue weighted by Gasteiger charge is 2.08. The Morgan fingerprint density at radius 2 is 1.48 bits per heavy atom. The summed E-state index contributed by atoms with van der Waals surface area (Å²) in [4.78, 5) is 4.85. The van der Waals surface area contributed by atoms with Gasteiger partial charge in [0.15, 0.2) is 0 Å². The molecule has 1 heterocycles. The molecule has 0 spiro atoms. The molecular weight excluding hydrogens is 278 g/mol. The summed E-state index contributed by atoms with van der Waals surface area (Å²) in [6, 6.07) is 24.5. The van der Waals surface area contributed by atoms with Crippen LogP contribution in [0, 0.1) is 0 Å². The van der Waals surface area contributed by atoms with Gasteiger partial charge in [0, 0.05) is 16.3 Å². The Bertz CT molecular complexity index is 945. The third-order valence-corrected chi connectivity index (χ3v) is 4.04. The van der Waals surface area contributed by atoms with Crippen LogP contribution in [-0.2, 0) is 0 Å². The summed E-state index contributed by atoms with van der Waals surface area (Å²) in [7, 11) is 0. The van der Waals surface area contributed by atoms with Crippen LogP contribution in [0.3, 0.4) is 0 Å². The van der Waals surface area contributed by atoms with Crippen molar-refractivity contribution in [3.63, 3.8) is 0 Å². The molecule has 1 aromatic heterocycles. The Morgan fingerprint density at radius 3 is 2.33 bits per heavy atom. The highest BCUT2D eigenvalue weighted by molar-refractivity contribution is 6.36. The van der Waals surface area contributed by atoms with Crippen LogP contribution < -0.4 is 0 Å². The second-order valence-corrected chi connectivity index (χ2v) is 5.45. The molecule has 100 valence electrons. The Morgan fingerprint density at radius 1 is 0.714 bits per heavy atom. The Labute approximate surface area is 127 Å². The van der Waals surface area contributed by atoms with Crippen molar-refractivity contribution < 1.29 is 0 Å². The maximum Gasteiger partial charge on any atom is 0.0802 e. The van der Waals surface area contributed by atoms with E-state index in [4.69, 9.17) is 16.6 Å². The average Bonchev–Trinajstić information content (AvgIpc) is 2.55. The van der Waals surface area contributed by atoms with Gasteiger partial charge in [-0.2, -0.15) is 0 Å². The first kappa shape index (κ1) is 12.4. The Hall–Kier alpha value is -2.38. The number of rotatable bonds is 1. The molecule has 3 aromatic carbocycles. The number of benzene rings is 3. The quantitative estimate of drug-likeness (QED) is 0.409. The standard InChI is InChI=1S/C19H12ClN/c20-17-12-18(14-7-2-1-3-8-14)21-19-15-9-5-4-6-13(15)10-11-16(17)19/h1-12H. The molecule has 0 amide bonds. The summed E-state index contributed by atoms with van der Waals surface area (Å²) >= 11 is 6.47. The van der Waals surface area contributed by atoms with Crippen LogP contribution in [0.25, 0.3) is 32.9 Å². The summed E-state index contributed by atoms with van der Waals surface area (Å²) < 4.78 is 0. The Balaban J connectivity index is 2.10. The van der Waals surface area contributed by atoms with Crippen LogP contribution in [0.1, 0.15) is 0 Å². The molecule has 0 bridgehead atoms. The van der Waals surface area contributed by atoms with Crippen molar-refractivity contribution in [2.75, 3.05) is 0 Å². The van der Waals surface area contributed by atoms with E-state index in [0.717, 1.165) is 32.6 Å². The minimum absolute atomic E-state index is 0.740. The number of aromatic nitrogens is 1. The second-order valence-electron chi connectivity index (χ2n) is 5.04. The van der Waals surface area contributed by atoms with Gasteiger partial charge in [-0.3, -0.25) is 0 Å². The average molecular weight is 290 g/mol. The molecule has 0 saturated heterocycles. The predicted octanol–water partition coefficient (Wildman–Crippen LogP) is 5.71. The van der Waals surface area contributed by atoms with E-state index < -0.39 is 0 Å². The topological polar surface area (TPSA) is 12.9 Å². The third-order valence-electron chi connectivity index (χ3n) is 3.72. The first-order valence-electron chi connectivity index (χ1n) is 6.86. The lowest BCUT2D eigenvalue weighted by Crippen LogP contribution is -1.88. The normalized spacial score (nSPS) is 11.1. The van der Waals surface area contributed by atoms with E-state index >= 15 is 0 Å². The molecular formula is C19H12ClN. The zero-order chi connectivity index (χ0) is 14.2. The maximum atomic E-state index is 6.47. The van der Waals surface area contributed by atoms with Gasteiger partial charge in [0.05, 0.1) is 16.2 Å². The van der Waals surface area contributed by atoms with Crippen molar-refractivity contribution in [2.24, 2.45) is 0 Å². The monoisotopic (exact) mass is 289 g/mol. The van der Waals surface area contributed by atoms with Gasteiger partial charge in [-0.05, 0) is 11.5 Å². The fraction of sp³-hybridized carbons (Fsp3) is 0. The van der Waals surface area contributed by atoms with Gasteiger partial charge in [-0.25, -0.2) is 4.98 Å². The minimum atomic E-state index is 0.740. The lowest BCUT2D eigenvalue weighted by Gasteiger charge is -2.08. The summed E-state index contributed by atoms with van der Waals surface area (Å²) in [6.07, 6.45) is 0. The SMILES string of the molecule is Clc1cc(-c2ccccc2)nc2c1ccc1ccccc12. The van der Waals surface area contributed by atoms with Crippen LogP contribution in [0.15, 0.2) is 72.8 Å². The number of hydrogen-bond acceptors (Lipinski definition) is 1. The number of hydrogen-bond donors (Lipinski definition) is 0. The molecule has 0 saturated carbocycles.